The number of hydrogen-bond acceptors (Lipinski definition) is 2. The minimum absolute atomic E-state index is 0.263. The second-order valence-corrected chi connectivity index (χ2v) is 16.3. The molecule has 2 nitrogen and oxygen atoms in total. The van der Waals surface area contributed by atoms with E-state index in [1.54, 1.807) is 12.1 Å². The molecule has 1 aliphatic carbocycles. The van der Waals surface area contributed by atoms with Crippen molar-refractivity contribution in [3.05, 3.63) is 228 Å². The maximum Gasteiger partial charge on any atom is 0.116 e. The van der Waals surface area contributed by atoms with Crippen molar-refractivity contribution < 1.29 is 10.2 Å². The topological polar surface area (TPSA) is 40.5 Å². The van der Waals surface area contributed by atoms with Crippen molar-refractivity contribution in [3.8, 4) is 33.8 Å². The molecule has 0 heterocycles. The van der Waals surface area contributed by atoms with E-state index in [0.29, 0.717) is 0 Å². The van der Waals surface area contributed by atoms with Crippen LogP contribution in [0.4, 0.5) is 0 Å². The Balaban J connectivity index is 1.22. The van der Waals surface area contributed by atoms with Crippen LogP contribution < -0.4 is 0 Å². The van der Waals surface area contributed by atoms with Crippen LogP contribution in [0, 0.1) is 0 Å². The number of fused-ring (bicyclic) bond motifs is 6. The zero-order valence-corrected chi connectivity index (χ0v) is 32.4. The van der Waals surface area contributed by atoms with Gasteiger partial charge in [-0.1, -0.05) is 146 Å². The summed E-state index contributed by atoms with van der Waals surface area (Å²) >= 11 is 0. The minimum Gasteiger partial charge on any atom is -0.508 e. The lowest BCUT2D eigenvalue weighted by molar-refractivity contribution is 0.475. The van der Waals surface area contributed by atoms with Gasteiger partial charge in [-0.3, -0.25) is 0 Å². The van der Waals surface area contributed by atoms with E-state index in [4.69, 9.17) is 0 Å². The van der Waals surface area contributed by atoms with Gasteiger partial charge in [-0.05, 0) is 161 Å². The highest BCUT2D eigenvalue weighted by atomic mass is 16.3. The van der Waals surface area contributed by atoms with Gasteiger partial charge in [-0.2, -0.15) is 0 Å². The molecule has 0 spiro atoms. The van der Waals surface area contributed by atoms with Gasteiger partial charge < -0.3 is 10.2 Å². The Bertz CT molecular complexity index is 3190. The van der Waals surface area contributed by atoms with Crippen molar-refractivity contribution >= 4 is 43.1 Å². The molecule has 2 N–H and O–H groups in total. The molecule has 0 atom stereocenters. The predicted octanol–water partition coefficient (Wildman–Crippen LogP) is 14.1. The molecular formula is C56H40O2. The lowest BCUT2D eigenvalue weighted by Gasteiger charge is -2.48. The average molecular weight is 745 g/mol. The van der Waals surface area contributed by atoms with Gasteiger partial charge in [0.2, 0.25) is 0 Å². The number of rotatable bonds is 4. The first-order valence-corrected chi connectivity index (χ1v) is 20.0. The quantitative estimate of drug-likeness (QED) is 0.188. The Morgan fingerprint density at radius 3 is 1.36 bits per heavy atom. The summed E-state index contributed by atoms with van der Waals surface area (Å²) in [7, 11) is 0. The van der Waals surface area contributed by atoms with E-state index in [1.165, 1.54) is 66.1 Å². The van der Waals surface area contributed by atoms with E-state index >= 15 is 0 Å². The highest BCUT2D eigenvalue weighted by Crippen LogP contribution is 2.58. The van der Waals surface area contributed by atoms with Crippen molar-refractivity contribution in [3.63, 3.8) is 0 Å². The van der Waals surface area contributed by atoms with Crippen molar-refractivity contribution in [1.82, 2.24) is 0 Å². The van der Waals surface area contributed by atoms with Crippen LogP contribution in [-0.2, 0) is 10.8 Å². The average Bonchev–Trinajstić information content (AvgIpc) is 3.27. The molecule has 11 rings (SSSR count). The molecule has 0 radical (unpaired) electrons. The number of hydrogen-bond donors (Lipinski definition) is 2. The first-order chi connectivity index (χ1) is 28.3. The second kappa shape index (κ2) is 12.7. The van der Waals surface area contributed by atoms with Gasteiger partial charge in [0.05, 0.1) is 0 Å². The van der Waals surface area contributed by atoms with Crippen LogP contribution in [0.15, 0.2) is 194 Å². The smallest absolute Gasteiger partial charge is 0.116 e. The van der Waals surface area contributed by atoms with E-state index in [-0.39, 0.29) is 11.5 Å². The third kappa shape index (κ3) is 4.98. The normalized spacial score (nSPS) is 17.4. The standard InChI is InChI=1S/C56H40O2/c1-55(52-28-25-37-11-5-6-14-46(37)54(52)41-22-20-36-24-27-45(58)32-43(36)30-41)48-15-7-9-17-50(48)56(2,51-18-10-8-16-49(51)55)53-34-39-13-4-3-12-38(39)33-47(53)40-21-19-35-23-26-44(57)31-42(35)29-40/h3-34,57-58H,1-2H3. The molecule has 0 aliphatic heterocycles. The Morgan fingerprint density at radius 2 is 0.759 bits per heavy atom. The fraction of sp³-hybridized carbons (Fsp3) is 0.0714. The summed E-state index contributed by atoms with van der Waals surface area (Å²) in [5, 5.41) is 30.0. The number of aromatic hydroxyl groups is 2. The molecular weight excluding hydrogens is 705 g/mol. The minimum atomic E-state index is -0.544. The van der Waals surface area contributed by atoms with Crippen LogP contribution in [0.1, 0.15) is 47.2 Å². The third-order valence-electron chi connectivity index (χ3n) is 13.1. The number of phenolic OH excluding ortho intramolecular Hbond substituents is 2. The largest absolute Gasteiger partial charge is 0.508 e. The molecule has 0 aromatic heterocycles. The van der Waals surface area contributed by atoms with Gasteiger partial charge in [0.15, 0.2) is 0 Å². The van der Waals surface area contributed by atoms with Crippen molar-refractivity contribution in [2.75, 3.05) is 0 Å². The predicted molar refractivity (Wildman–Crippen MR) is 241 cm³/mol. The Hall–Kier alpha value is -7.16. The summed E-state index contributed by atoms with van der Waals surface area (Å²) in [6.45, 7) is 4.84. The van der Waals surface area contributed by atoms with Gasteiger partial charge in [0.1, 0.15) is 11.5 Å². The third-order valence-corrected chi connectivity index (χ3v) is 13.1. The molecule has 58 heavy (non-hydrogen) atoms. The fourth-order valence-electron chi connectivity index (χ4n) is 10.3. The van der Waals surface area contributed by atoms with E-state index < -0.39 is 10.8 Å². The Kier molecular flexibility index (Phi) is 7.46. The highest BCUT2D eigenvalue weighted by Gasteiger charge is 2.49. The summed E-state index contributed by atoms with van der Waals surface area (Å²) < 4.78 is 0. The first-order valence-electron chi connectivity index (χ1n) is 20.0. The summed E-state index contributed by atoms with van der Waals surface area (Å²) in [5.41, 5.74) is 11.1. The van der Waals surface area contributed by atoms with Gasteiger partial charge in [0, 0.05) is 10.8 Å². The van der Waals surface area contributed by atoms with Crippen molar-refractivity contribution in [1.29, 1.82) is 0 Å². The van der Waals surface area contributed by atoms with E-state index in [0.717, 1.165) is 32.7 Å². The van der Waals surface area contributed by atoms with Crippen molar-refractivity contribution in [2.24, 2.45) is 0 Å². The molecule has 0 amide bonds. The van der Waals surface area contributed by atoms with Crippen LogP contribution in [-0.4, -0.2) is 10.2 Å². The molecule has 0 saturated carbocycles. The van der Waals surface area contributed by atoms with E-state index in [1.807, 2.05) is 24.3 Å². The molecule has 0 bridgehead atoms. The maximum atomic E-state index is 10.5. The molecule has 2 heteroatoms. The number of benzene rings is 10. The Labute approximate surface area is 337 Å². The van der Waals surface area contributed by atoms with E-state index in [9.17, 15) is 10.2 Å². The first kappa shape index (κ1) is 34.1. The van der Waals surface area contributed by atoms with Crippen molar-refractivity contribution in [2.45, 2.75) is 24.7 Å². The summed E-state index contributed by atoms with van der Waals surface area (Å²) in [5.74, 6) is 0.527. The van der Waals surface area contributed by atoms with Crippen LogP contribution in [0.25, 0.3) is 65.3 Å². The lowest BCUT2D eigenvalue weighted by Crippen LogP contribution is -2.41. The summed E-state index contributed by atoms with van der Waals surface area (Å²) in [6.07, 6.45) is 0. The second-order valence-electron chi connectivity index (χ2n) is 16.3. The van der Waals surface area contributed by atoms with Gasteiger partial charge >= 0.3 is 0 Å². The SMILES string of the molecule is CC1(c2cc3ccccc3cc2-c2ccc3ccc(O)cc3c2)c2ccccc2C(C)(c2ccc3ccccc3c2-c2ccc3ccc(O)cc3c2)c2ccccc21. The zero-order chi connectivity index (χ0) is 39.2. The van der Waals surface area contributed by atoms with Crippen LogP contribution in [0.2, 0.25) is 0 Å². The van der Waals surface area contributed by atoms with E-state index in [2.05, 4.69) is 172 Å². The Morgan fingerprint density at radius 1 is 0.310 bits per heavy atom. The maximum absolute atomic E-state index is 10.5. The molecule has 10 aromatic rings. The van der Waals surface area contributed by atoms with Crippen LogP contribution in [0.3, 0.4) is 0 Å². The zero-order valence-electron chi connectivity index (χ0n) is 32.4. The molecule has 0 fully saturated rings. The molecule has 276 valence electrons. The highest BCUT2D eigenvalue weighted by molar-refractivity contribution is 6.02. The van der Waals surface area contributed by atoms with Gasteiger partial charge in [-0.15, -0.1) is 0 Å². The monoisotopic (exact) mass is 744 g/mol. The summed E-state index contributed by atoms with van der Waals surface area (Å²) in [6, 6.07) is 69.4. The number of phenols is 2. The lowest BCUT2D eigenvalue weighted by atomic mass is 9.54. The van der Waals surface area contributed by atoms with Crippen LogP contribution >= 0.6 is 0 Å². The fourth-order valence-corrected chi connectivity index (χ4v) is 10.3. The molecule has 0 unspecified atom stereocenters. The molecule has 10 aromatic carbocycles. The molecule has 1 aliphatic rings. The van der Waals surface area contributed by atoms with Gasteiger partial charge in [-0.25, -0.2) is 0 Å². The van der Waals surface area contributed by atoms with Gasteiger partial charge in [0.25, 0.3) is 0 Å². The van der Waals surface area contributed by atoms with Crippen LogP contribution in [0.5, 0.6) is 11.5 Å². The summed E-state index contributed by atoms with van der Waals surface area (Å²) in [4.78, 5) is 0. The molecule has 0 saturated heterocycles.